The first-order valence-corrected chi connectivity index (χ1v) is 9.80. The third kappa shape index (κ3) is 5.93. The number of carbonyl (C=O) groups is 1. The van der Waals surface area contributed by atoms with Gasteiger partial charge in [-0.2, -0.15) is 0 Å². The highest BCUT2D eigenvalue weighted by atomic mass is 79.9. The summed E-state index contributed by atoms with van der Waals surface area (Å²) in [5.74, 6) is 1.17. The topological polar surface area (TPSA) is 59.9 Å². The number of methoxy groups -OCH3 is 1. The van der Waals surface area contributed by atoms with Crippen LogP contribution >= 0.6 is 15.9 Å². The van der Waals surface area contributed by atoms with Crippen LogP contribution in [0.5, 0.6) is 11.5 Å². The Kier molecular flexibility index (Phi) is 7.03. The average Bonchev–Trinajstić information content (AvgIpc) is 2.72. The molecule has 0 spiro atoms. The molecule has 3 aromatic carbocycles. The molecule has 0 aliphatic carbocycles. The number of hydrogen-bond donors (Lipinski definition) is 1. The Morgan fingerprint density at radius 3 is 2.48 bits per heavy atom. The normalized spacial score (nSPS) is 10.7. The van der Waals surface area contributed by atoms with Crippen molar-refractivity contribution in [3.63, 3.8) is 0 Å². The molecule has 1 amide bonds. The van der Waals surface area contributed by atoms with Crippen LogP contribution in [0.25, 0.3) is 0 Å². The summed E-state index contributed by atoms with van der Waals surface area (Å²) in [7, 11) is 1.61. The molecule has 0 saturated carbocycles. The zero-order valence-electron chi connectivity index (χ0n) is 16.2. The highest BCUT2D eigenvalue weighted by molar-refractivity contribution is 9.10. The Labute approximate surface area is 178 Å². The minimum Gasteiger partial charge on any atom is -0.493 e. The van der Waals surface area contributed by atoms with E-state index >= 15 is 0 Å². The van der Waals surface area contributed by atoms with Gasteiger partial charge in [-0.15, -0.1) is 0 Å². The number of nitrogens with zero attached hydrogens (tertiary/aromatic N) is 1. The van der Waals surface area contributed by atoms with Crippen LogP contribution in [0.4, 0.5) is 11.4 Å². The van der Waals surface area contributed by atoms with Gasteiger partial charge in [-0.05, 0) is 63.5 Å². The molecule has 0 fully saturated rings. The number of halogens is 1. The summed E-state index contributed by atoms with van der Waals surface area (Å²) in [5, 5.41) is 2.73. The van der Waals surface area contributed by atoms with Crippen molar-refractivity contribution in [2.75, 3.05) is 12.4 Å². The quantitative estimate of drug-likeness (QED) is 0.464. The lowest BCUT2D eigenvalue weighted by Crippen LogP contribution is -2.04. The number of carbonyl (C=O) groups excluding carboxylic acids is 1. The molecule has 0 unspecified atom stereocenters. The second kappa shape index (κ2) is 9.89. The van der Waals surface area contributed by atoms with Crippen molar-refractivity contribution in [1.82, 2.24) is 0 Å². The van der Waals surface area contributed by atoms with Crippen molar-refractivity contribution >= 4 is 39.4 Å². The predicted octanol–water partition coefficient (Wildman–Crippen LogP) is 5.75. The number of anilines is 1. The van der Waals surface area contributed by atoms with Crippen LogP contribution in [0.2, 0.25) is 0 Å². The van der Waals surface area contributed by atoms with Crippen molar-refractivity contribution in [3.05, 3.63) is 82.3 Å². The summed E-state index contributed by atoms with van der Waals surface area (Å²) in [6.45, 7) is 1.93. The lowest BCUT2D eigenvalue weighted by Gasteiger charge is -2.13. The highest BCUT2D eigenvalue weighted by Crippen LogP contribution is 2.37. The van der Waals surface area contributed by atoms with Gasteiger partial charge in [-0.3, -0.25) is 9.79 Å². The molecule has 6 heteroatoms. The molecule has 0 saturated heterocycles. The van der Waals surface area contributed by atoms with E-state index in [9.17, 15) is 4.79 Å². The number of aliphatic imine (C=N–C) groups is 1. The van der Waals surface area contributed by atoms with Gasteiger partial charge in [0.1, 0.15) is 6.61 Å². The number of nitrogens with one attached hydrogen (secondary N) is 1. The molecule has 1 N–H and O–H groups in total. The van der Waals surface area contributed by atoms with Gasteiger partial charge < -0.3 is 14.8 Å². The fraction of sp³-hybridized carbons (Fsp3) is 0.130. The van der Waals surface area contributed by atoms with Crippen LogP contribution in [0.1, 0.15) is 18.1 Å². The molecule has 3 rings (SSSR count). The van der Waals surface area contributed by atoms with Gasteiger partial charge in [0.2, 0.25) is 5.91 Å². The molecular formula is C23H21BrN2O3. The Balaban J connectivity index is 1.74. The summed E-state index contributed by atoms with van der Waals surface area (Å²) in [6.07, 6.45) is 1.75. The Hall–Kier alpha value is -3.12. The van der Waals surface area contributed by atoms with Crippen LogP contribution < -0.4 is 14.8 Å². The molecule has 0 aliphatic rings. The zero-order chi connectivity index (χ0) is 20.6. The van der Waals surface area contributed by atoms with Gasteiger partial charge in [0.25, 0.3) is 0 Å². The molecule has 3 aromatic rings. The van der Waals surface area contributed by atoms with E-state index < -0.39 is 0 Å². The van der Waals surface area contributed by atoms with E-state index in [1.165, 1.54) is 6.92 Å². The molecule has 0 aliphatic heterocycles. The van der Waals surface area contributed by atoms with Crippen LogP contribution in [0.15, 0.2) is 76.2 Å². The molecular weight excluding hydrogens is 432 g/mol. The molecule has 0 heterocycles. The second-order valence-electron chi connectivity index (χ2n) is 6.29. The standard InChI is InChI=1S/C23H21BrN2O3/c1-16(27)26-20-10-8-19(9-11-20)25-14-18-12-21(24)23(22(13-18)28-2)29-15-17-6-4-3-5-7-17/h3-14H,15H2,1-2H3,(H,26,27). The van der Waals surface area contributed by atoms with Crippen molar-refractivity contribution < 1.29 is 14.3 Å². The lowest BCUT2D eigenvalue weighted by atomic mass is 10.2. The molecule has 5 nitrogen and oxygen atoms in total. The first-order chi connectivity index (χ1) is 14.0. The lowest BCUT2D eigenvalue weighted by molar-refractivity contribution is -0.114. The monoisotopic (exact) mass is 452 g/mol. The van der Waals surface area contributed by atoms with Gasteiger partial charge in [0, 0.05) is 18.8 Å². The third-order valence-corrected chi connectivity index (χ3v) is 4.62. The Morgan fingerprint density at radius 2 is 1.83 bits per heavy atom. The highest BCUT2D eigenvalue weighted by Gasteiger charge is 2.11. The van der Waals surface area contributed by atoms with E-state index in [2.05, 4.69) is 26.2 Å². The van der Waals surface area contributed by atoms with Gasteiger partial charge in [0.15, 0.2) is 11.5 Å². The number of ether oxygens (including phenoxy) is 2. The van der Waals surface area contributed by atoms with Crippen LogP contribution in [0, 0.1) is 0 Å². The summed E-state index contributed by atoms with van der Waals surface area (Å²) in [5.41, 5.74) is 3.46. The molecule has 148 valence electrons. The Morgan fingerprint density at radius 1 is 1.10 bits per heavy atom. The van der Waals surface area contributed by atoms with Gasteiger partial charge >= 0.3 is 0 Å². The van der Waals surface area contributed by atoms with Crippen molar-refractivity contribution in [1.29, 1.82) is 0 Å². The SMILES string of the molecule is COc1cc(C=Nc2ccc(NC(C)=O)cc2)cc(Br)c1OCc1ccccc1. The summed E-state index contributed by atoms with van der Waals surface area (Å²) >= 11 is 3.56. The van der Waals surface area contributed by atoms with E-state index in [1.807, 2.05) is 66.7 Å². The van der Waals surface area contributed by atoms with Crippen molar-refractivity contribution in [2.24, 2.45) is 4.99 Å². The maximum atomic E-state index is 11.1. The zero-order valence-corrected chi connectivity index (χ0v) is 17.8. The van der Waals surface area contributed by atoms with Crippen LogP contribution in [0.3, 0.4) is 0 Å². The molecule has 0 aromatic heterocycles. The van der Waals surface area contributed by atoms with Crippen LogP contribution in [-0.4, -0.2) is 19.2 Å². The van der Waals surface area contributed by atoms with E-state index in [1.54, 1.807) is 13.3 Å². The smallest absolute Gasteiger partial charge is 0.221 e. The molecule has 29 heavy (non-hydrogen) atoms. The minimum atomic E-state index is -0.104. The summed E-state index contributed by atoms with van der Waals surface area (Å²) in [6, 6.07) is 21.1. The largest absolute Gasteiger partial charge is 0.493 e. The van der Waals surface area contributed by atoms with E-state index in [0.717, 1.165) is 27.0 Å². The first kappa shape index (κ1) is 20.6. The van der Waals surface area contributed by atoms with Gasteiger partial charge in [0.05, 0.1) is 17.3 Å². The summed E-state index contributed by atoms with van der Waals surface area (Å²) in [4.78, 5) is 15.6. The maximum Gasteiger partial charge on any atom is 0.221 e. The van der Waals surface area contributed by atoms with E-state index in [4.69, 9.17) is 9.47 Å². The summed E-state index contributed by atoms with van der Waals surface area (Å²) < 4.78 is 12.2. The fourth-order valence-corrected chi connectivity index (χ4v) is 3.24. The minimum absolute atomic E-state index is 0.104. The maximum absolute atomic E-state index is 11.1. The first-order valence-electron chi connectivity index (χ1n) is 9.01. The Bertz CT molecular complexity index is 1000. The van der Waals surface area contributed by atoms with Crippen molar-refractivity contribution in [3.8, 4) is 11.5 Å². The number of hydrogen-bond acceptors (Lipinski definition) is 4. The second-order valence-corrected chi connectivity index (χ2v) is 7.15. The fourth-order valence-electron chi connectivity index (χ4n) is 2.67. The molecule has 0 atom stereocenters. The van der Waals surface area contributed by atoms with Crippen LogP contribution in [-0.2, 0) is 11.4 Å². The molecule has 0 radical (unpaired) electrons. The third-order valence-electron chi connectivity index (χ3n) is 4.03. The number of rotatable bonds is 7. The van der Waals surface area contributed by atoms with Crippen molar-refractivity contribution in [2.45, 2.75) is 13.5 Å². The number of amides is 1. The molecule has 0 bridgehead atoms. The van der Waals surface area contributed by atoms with Gasteiger partial charge in [-0.1, -0.05) is 30.3 Å². The van der Waals surface area contributed by atoms with E-state index in [-0.39, 0.29) is 5.91 Å². The number of benzene rings is 3. The van der Waals surface area contributed by atoms with E-state index in [0.29, 0.717) is 18.1 Å². The van der Waals surface area contributed by atoms with Gasteiger partial charge in [-0.25, -0.2) is 0 Å². The average molecular weight is 453 g/mol. The predicted molar refractivity (Wildman–Crippen MR) is 119 cm³/mol.